The molecule has 0 aliphatic rings. The molecule has 0 aliphatic heterocycles. The van der Waals surface area contributed by atoms with Crippen LogP contribution < -0.4 is 10.5 Å². The molecule has 0 radical (unpaired) electrons. The molecule has 0 spiro atoms. The van der Waals surface area contributed by atoms with Crippen LogP contribution in [0.3, 0.4) is 0 Å². The van der Waals surface area contributed by atoms with Crippen molar-refractivity contribution in [3.63, 3.8) is 0 Å². The van der Waals surface area contributed by atoms with Gasteiger partial charge in [-0.1, -0.05) is 12.1 Å². The predicted octanol–water partition coefficient (Wildman–Crippen LogP) is 2.38. The highest BCUT2D eigenvalue weighted by atomic mass is 16.5. The number of aromatic nitrogens is 2. The van der Waals surface area contributed by atoms with Crippen molar-refractivity contribution >= 4 is 16.9 Å². The summed E-state index contributed by atoms with van der Waals surface area (Å²) in [4.78, 5) is 8.30. The van der Waals surface area contributed by atoms with Crippen molar-refractivity contribution in [2.45, 2.75) is 6.61 Å². The zero-order valence-electron chi connectivity index (χ0n) is 9.54. The number of nitrogens with two attached hydrogens (primary N) is 1. The Kier molecular flexibility index (Phi) is 2.57. The van der Waals surface area contributed by atoms with Crippen LogP contribution in [-0.2, 0) is 6.61 Å². The first-order chi connectivity index (χ1) is 8.83. The van der Waals surface area contributed by atoms with E-state index in [1.54, 1.807) is 24.4 Å². The Morgan fingerprint density at radius 1 is 1.17 bits per heavy atom. The smallest absolute Gasteiger partial charge is 0.235 e. The first-order valence-corrected chi connectivity index (χ1v) is 5.50. The van der Waals surface area contributed by atoms with Gasteiger partial charge in [0.15, 0.2) is 17.8 Å². The number of oxazole rings is 1. The minimum Gasteiger partial charge on any atom is -0.482 e. The van der Waals surface area contributed by atoms with Crippen LogP contribution in [0.25, 0.3) is 11.2 Å². The van der Waals surface area contributed by atoms with Crippen molar-refractivity contribution < 1.29 is 9.15 Å². The maximum Gasteiger partial charge on any atom is 0.235 e. The number of ether oxygens (including phenoxy) is 1. The van der Waals surface area contributed by atoms with E-state index in [0.29, 0.717) is 28.6 Å². The first-order valence-electron chi connectivity index (χ1n) is 5.50. The zero-order valence-corrected chi connectivity index (χ0v) is 9.54. The van der Waals surface area contributed by atoms with Crippen LogP contribution in [-0.4, -0.2) is 9.97 Å². The highest BCUT2D eigenvalue weighted by Gasteiger charge is 2.07. The lowest BCUT2D eigenvalue weighted by atomic mass is 10.3. The standard InChI is InChI=1S/C13H11N3O2/c14-9-4-1-2-5-10(9)17-8-12-16-13-11(18-12)6-3-7-15-13/h1-7H,8,14H2. The molecular weight excluding hydrogens is 230 g/mol. The number of rotatable bonds is 3. The Morgan fingerprint density at radius 2 is 2.06 bits per heavy atom. The van der Waals surface area contributed by atoms with Crippen LogP contribution in [0, 0.1) is 0 Å². The molecule has 3 aromatic rings. The summed E-state index contributed by atoms with van der Waals surface area (Å²) in [6.45, 7) is 0.227. The number of nitrogens with zero attached hydrogens (tertiary/aromatic N) is 2. The van der Waals surface area contributed by atoms with Gasteiger partial charge >= 0.3 is 0 Å². The average molecular weight is 241 g/mol. The molecule has 0 amide bonds. The van der Waals surface area contributed by atoms with Crippen molar-refractivity contribution in [1.29, 1.82) is 0 Å². The van der Waals surface area contributed by atoms with Gasteiger partial charge in [-0.3, -0.25) is 0 Å². The molecule has 2 aromatic heterocycles. The lowest BCUT2D eigenvalue weighted by Crippen LogP contribution is -1.98. The summed E-state index contributed by atoms with van der Waals surface area (Å²) in [7, 11) is 0. The van der Waals surface area contributed by atoms with Crippen molar-refractivity contribution in [3.05, 3.63) is 48.5 Å². The van der Waals surface area contributed by atoms with Crippen LogP contribution in [0.2, 0.25) is 0 Å². The summed E-state index contributed by atoms with van der Waals surface area (Å²) in [5.41, 5.74) is 7.59. The van der Waals surface area contributed by atoms with E-state index in [0.717, 1.165) is 0 Å². The van der Waals surface area contributed by atoms with Gasteiger partial charge in [-0.25, -0.2) is 4.98 Å². The minimum atomic E-state index is 0.227. The van der Waals surface area contributed by atoms with E-state index in [1.807, 2.05) is 18.2 Å². The summed E-state index contributed by atoms with van der Waals surface area (Å²) < 4.78 is 11.0. The minimum absolute atomic E-state index is 0.227. The van der Waals surface area contributed by atoms with Gasteiger partial charge in [0.25, 0.3) is 0 Å². The maximum atomic E-state index is 5.77. The fourth-order valence-corrected chi connectivity index (χ4v) is 1.63. The number of nitrogen functional groups attached to an aromatic ring is 1. The van der Waals surface area contributed by atoms with Gasteiger partial charge in [-0.2, -0.15) is 4.98 Å². The lowest BCUT2D eigenvalue weighted by molar-refractivity contribution is 0.268. The Morgan fingerprint density at radius 3 is 2.89 bits per heavy atom. The van der Waals surface area contributed by atoms with Crippen molar-refractivity contribution in [1.82, 2.24) is 9.97 Å². The molecule has 0 unspecified atom stereocenters. The largest absolute Gasteiger partial charge is 0.482 e. The van der Waals surface area contributed by atoms with Gasteiger partial charge in [-0.15, -0.1) is 0 Å². The lowest BCUT2D eigenvalue weighted by Gasteiger charge is -2.05. The van der Waals surface area contributed by atoms with E-state index in [4.69, 9.17) is 14.9 Å². The number of para-hydroxylation sites is 2. The topological polar surface area (TPSA) is 74.2 Å². The maximum absolute atomic E-state index is 5.77. The van der Waals surface area contributed by atoms with E-state index in [9.17, 15) is 0 Å². The molecule has 90 valence electrons. The molecule has 5 nitrogen and oxygen atoms in total. The summed E-state index contributed by atoms with van der Waals surface area (Å²) in [5, 5.41) is 0. The fourth-order valence-electron chi connectivity index (χ4n) is 1.63. The molecule has 1 aromatic carbocycles. The normalized spacial score (nSPS) is 10.7. The Bertz CT molecular complexity index is 646. The average Bonchev–Trinajstić information content (AvgIpc) is 2.80. The van der Waals surface area contributed by atoms with Crippen LogP contribution in [0.4, 0.5) is 5.69 Å². The van der Waals surface area contributed by atoms with Gasteiger partial charge in [0, 0.05) is 6.20 Å². The highest BCUT2D eigenvalue weighted by molar-refractivity contribution is 5.66. The van der Waals surface area contributed by atoms with Gasteiger partial charge in [0.05, 0.1) is 5.69 Å². The molecule has 18 heavy (non-hydrogen) atoms. The monoisotopic (exact) mass is 241 g/mol. The second-order valence-corrected chi connectivity index (χ2v) is 3.76. The van der Waals surface area contributed by atoms with Gasteiger partial charge < -0.3 is 14.9 Å². The third kappa shape index (κ3) is 1.98. The third-order valence-electron chi connectivity index (χ3n) is 2.48. The molecule has 2 heterocycles. The first kappa shape index (κ1) is 10.6. The Hall–Kier alpha value is -2.56. The SMILES string of the molecule is Nc1ccccc1OCc1nc2ncccc2o1. The van der Waals surface area contributed by atoms with Gasteiger partial charge in [0.1, 0.15) is 5.75 Å². The second-order valence-electron chi connectivity index (χ2n) is 3.76. The third-order valence-corrected chi connectivity index (χ3v) is 2.48. The molecule has 0 fully saturated rings. The summed E-state index contributed by atoms with van der Waals surface area (Å²) in [5.74, 6) is 1.10. The number of hydrogen-bond acceptors (Lipinski definition) is 5. The van der Waals surface area contributed by atoms with E-state index in [1.165, 1.54) is 0 Å². The Balaban J connectivity index is 1.79. The molecule has 0 saturated carbocycles. The molecule has 3 rings (SSSR count). The van der Waals surface area contributed by atoms with E-state index in [2.05, 4.69) is 9.97 Å². The second kappa shape index (κ2) is 4.37. The number of anilines is 1. The van der Waals surface area contributed by atoms with Crippen LogP contribution in [0.15, 0.2) is 47.0 Å². The number of fused-ring (bicyclic) bond motifs is 1. The molecule has 0 bridgehead atoms. The molecule has 2 N–H and O–H groups in total. The Labute approximate surface area is 103 Å². The van der Waals surface area contributed by atoms with Gasteiger partial charge in [0.2, 0.25) is 5.89 Å². The molecule has 5 heteroatoms. The molecular formula is C13H11N3O2. The van der Waals surface area contributed by atoms with E-state index < -0.39 is 0 Å². The summed E-state index contributed by atoms with van der Waals surface area (Å²) >= 11 is 0. The molecule has 0 saturated heterocycles. The molecule has 0 atom stereocenters. The van der Waals surface area contributed by atoms with Crippen LogP contribution >= 0.6 is 0 Å². The predicted molar refractivity (Wildman–Crippen MR) is 67.0 cm³/mol. The van der Waals surface area contributed by atoms with E-state index >= 15 is 0 Å². The van der Waals surface area contributed by atoms with Crippen molar-refractivity contribution in [2.24, 2.45) is 0 Å². The van der Waals surface area contributed by atoms with Gasteiger partial charge in [-0.05, 0) is 24.3 Å². The quantitative estimate of drug-likeness (QED) is 0.712. The summed E-state index contributed by atoms with van der Waals surface area (Å²) in [6, 6.07) is 10.9. The van der Waals surface area contributed by atoms with Crippen LogP contribution in [0.1, 0.15) is 5.89 Å². The summed E-state index contributed by atoms with van der Waals surface area (Å²) in [6.07, 6.45) is 1.67. The highest BCUT2D eigenvalue weighted by Crippen LogP contribution is 2.21. The number of pyridine rings is 1. The van der Waals surface area contributed by atoms with E-state index in [-0.39, 0.29) is 6.61 Å². The number of hydrogen-bond donors (Lipinski definition) is 1. The fraction of sp³-hybridized carbons (Fsp3) is 0.0769. The van der Waals surface area contributed by atoms with Crippen molar-refractivity contribution in [2.75, 3.05) is 5.73 Å². The zero-order chi connectivity index (χ0) is 12.4. The number of benzene rings is 1. The van der Waals surface area contributed by atoms with Crippen LogP contribution in [0.5, 0.6) is 5.75 Å². The van der Waals surface area contributed by atoms with Crippen molar-refractivity contribution in [3.8, 4) is 5.75 Å². The molecule has 0 aliphatic carbocycles.